The molecule has 0 unspecified atom stereocenters. The number of fused-ring (bicyclic) bond motifs is 1. The molecule has 1 N–H and O–H groups in total. The Hall–Kier alpha value is -3.53. The smallest absolute Gasteiger partial charge is 0.302 e. The lowest BCUT2D eigenvalue weighted by atomic mass is 10.2. The maximum Gasteiger partial charge on any atom is 0.302 e. The first-order valence-corrected chi connectivity index (χ1v) is 8.91. The lowest BCUT2D eigenvalue weighted by Crippen LogP contribution is -2.12. The van der Waals surface area contributed by atoms with Crippen molar-refractivity contribution in [1.29, 1.82) is 0 Å². The molecule has 0 bridgehead atoms. The Morgan fingerprint density at radius 1 is 1.10 bits per heavy atom. The fourth-order valence-corrected chi connectivity index (χ4v) is 2.46. The van der Waals surface area contributed by atoms with Gasteiger partial charge in [0, 0.05) is 13.8 Å². The molecule has 0 aliphatic carbocycles. The topological polar surface area (TPSA) is 117 Å². The maximum absolute atomic E-state index is 11.4. The zero-order valence-corrected chi connectivity index (χ0v) is 16.1. The largest absolute Gasteiger partial charge is 0.471 e. The summed E-state index contributed by atoms with van der Waals surface area (Å²) in [5, 5.41) is 2.56. The van der Waals surface area contributed by atoms with Gasteiger partial charge in [0.2, 0.25) is 17.7 Å². The molecule has 3 aromatic rings. The van der Waals surface area contributed by atoms with E-state index in [0.717, 1.165) is 5.56 Å². The summed E-state index contributed by atoms with van der Waals surface area (Å²) < 4.78 is 17.8. The fourth-order valence-electron chi connectivity index (χ4n) is 2.46. The number of aromatic nitrogens is 4. The van der Waals surface area contributed by atoms with Gasteiger partial charge in [-0.1, -0.05) is 30.3 Å². The number of rotatable bonds is 9. The molecule has 0 atom stereocenters. The Morgan fingerprint density at radius 2 is 1.90 bits per heavy atom. The molecule has 29 heavy (non-hydrogen) atoms. The number of ether oxygens (including phenoxy) is 3. The number of anilines is 1. The number of benzene rings is 1. The molecule has 0 saturated carbocycles. The van der Waals surface area contributed by atoms with Crippen LogP contribution in [0.3, 0.4) is 0 Å². The van der Waals surface area contributed by atoms with Crippen molar-refractivity contribution < 1.29 is 23.8 Å². The van der Waals surface area contributed by atoms with Crippen LogP contribution in [0.4, 0.5) is 5.95 Å². The molecule has 10 heteroatoms. The lowest BCUT2D eigenvalue weighted by Gasteiger charge is -2.10. The van der Waals surface area contributed by atoms with Gasteiger partial charge >= 0.3 is 5.97 Å². The molecule has 1 amide bonds. The summed E-state index contributed by atoms with van der Waals surface area (Å²) in [5.41, 5.74) is 1.85. The van der Waals surface area contributed by atoms with E-state index in [0.29, 0.717) is 11.2 Å². The summed E-state index contributed by atoms with van der Waals surface area (Å²) in [4.78, 5) is 35.1. The number of hydrogen-bond donors (Lipinski definition) is 1. The van der Waals surface area contributed by atoms with Crippen molar-refractivity contribution in [3.63, 3.8) is 0 Å². The van der Waals surface area contributed by atoms with Gasteiger partial charge in [0.25, 0.3) is 0 Å². The quantitative estimate of drug-likeness (QED) is 0.428. The van der Waals surface area contributed by atoms with Gasteiger partial charge < -0.3 is 14.2 Å². The minimum atomic E-state index is -0.366. The van der Waals surface area contributed by atoms with Crippen molar-refractivity contribution >= 4 is 29.0 Å². The minimum absolute atomic E-state index is 0.106. The zero-order valence-electron chi connectivity index (χ0n) is 16.1. The highest BCUT2D eigenvalue weighted by atomic mass is 16.6. The molecule has 0 fully saturated rings. The second-order valence-corrected chi connectivity index (χ2v) is 6.07. The van der Waals surface area contributed by atoms with E-state index in [9.17, 15) is 9.59 Å². The first kappa shape index (κ1) is 20.2. The number of amides is 1. The average Bonchev–Trinajstić information content (AvgIpc) is 3.09. The van der Waals surface area contributed by atoms with Crippen molar-refractivity contribution in [1.82, 2.24) is 19.5 Å². The Bertz CT molecular complexity index is 989. The third-order valence-corrected chi connectivity index (χ3v) is 3.70. The van der Waals surface area contributed by atoms with Crippen molar-refractivity contribution in [3.05, 3.63) is 42.2 Å². The third kappa shape index (κ3) is 5.72. The maximum atomic E-state index is 11.4. The molecule has 2 heterocycles. The highest BCUT2D eigenvalue weighted by Gasteiger charge is 2.15. The average molecular weight is 399 g/mol. The second-order valence-electron chi connectivity index (χ2n) is 6.07. The van der Waals surface area contributed by atoms with E-state index in [2.05, 4.69) is 20.3 Å². The van der Waals surface area contributed by atoms with Crippen LogP contribution in [-0.2, 0) is 32.4 Å². The van der Waals surface area contributed by atoms with Gasteiger partial charge in [-0.25, -0.2) is 4.98 Å². The summed E-state index contributed by atoms with van der Waals surface area (Å²) in [6.45, 7) is 3.50. The number of hydrogen-bond acceptors (Lipinski definition) is 8. The Kier molecular flexibility index (Phi) is 6.69. The van der Waals surface area contributed by atoms with E-state index >= 15 is 0 Å². The molecular formula is C19H21N5O5. The van der Waals surface area contributed by atoms with Crippen LogP contribution < -0.4 is 10.1 Å². The van der Waals surface area contributed by atoms with Gasteiger partial charge in [-0.2, -0.15) is 9.97 Å². The van der Waals surface area contributed by atoms with Crippen molar-refractivity contribution in [2.45, 2.75) is 27.2 Å². The summed E-state index contributed by atoms with van der Waals surface area (Å²) >= 11 is 0. The van der Waals surface area contributed by atoms with Gasteiger partial charge in [0.1, 0.15) is 19.9 Å². The van der Waals surface area contributed by atoms with Crippen LogP contribution in [-0.4, -0.2) is 44.6 Å². The number of esters is 1. The van der Waals surface area contributed by atoms with Gasteiger partial charge in [-0.3, -0.25) is 19.5 Å². The second kappa shape index (κ2) is 9.60. The van der Waals surface area contributed by atoms with Gasteiger partial charge in [-0.15, -0.1) is 0 Å². The van der Waals surface area contributed by atoms with E-state index < -0.39 is 0 Å². The molecule has 0 aliphatic rings. The molecule has 0 aliphatic heterocycles. The van der Waals surface area contributed by atoms with Crippen LogP contribution >= 0.6 is 0 Å². The summed E-state index contributed by atoms with van der Waals surface area (Å²) in [7, 11) is 0. The van der Waals surface area contributed by atoms with E-state index in [1.807, 2.05) is 30.3 Å². The SMILES string of the molecule is CC(=O)Nc1nc(OCc2ccccc2)c2ncn(COCCOC(C)=O)c2n1. The molecule has 0 saturated heterocycles. The lowest BCUT2D eigenvalue weighted by molar-refractivity contribution is -0.142. The number of carbonyl (C=O) groups is 2. The van der Waals surface area contributed by atoms with E-state index in [1.54, 1.807) is 4.57 Å². The van der Waals surface area contributed by atoms with Crippen LogP contribution in [0, 0.1) is 0 Å². The van der Waals surface area contributed by atoms with Crippen LogP contribution in [0.5, 0.6) is 5.88 Å². The Labute approximate surface area is 166 Å². The first-order valence-electron chi connectivity index (χ1n) is 8.91. The normalized spacial score (nSPS) is 10.7. The van der Waals surface area contributed by atoms with E-state index in [-0.39, 0.29) is 50.3 Å². The molecule has 0 spiro atoms. The van der Waals surface area contributed by atoms with Crippen LogP contribution in [0.1, 0.15) is 19.4 Å². The Morgan fingerprint density at radius 3 is 2.62 bits per heavy atom. The summed E-state index contributed by atoms with van der Waals surface area (Å²) in [6, 6.07) is 9.62. The van der Waals surface area contributed by atoms with Gasteiger partial charge in [-0.05, 0) is 5.56 Å². The molecule has 152 valence electrons. The number of nitrogens with one attached hydrogen (secondary N) is 1. The monoisotopic (exact) mass is 399 g/mol. The van der Waals surface area contributed by atoms with E-state index in [1.165, 1.54) is 20.2 Å². The summed E-state index contributed by atoms with van der Waals surface area (Å²) in [6.07, 6.45) is 1.54. The molecule has 3 rings (SSSR count). The standard InChI is InChI=1S/C19H21N5O5/c1-13(25)21-19-22-17-16(18(23-19)29-10-15-6-4-3-5-7-15)20-11-24(17)12-27-8-9-28-14(2)26/h3-7,11H,8-10,12H2,1-2H3,(H,21,22,23,25). The number of carbonyl (C=O) groups excluding carboxylic acids is 2. The fraction of sp³-hybridized carbons (Fsp3) is 0.316. The number of imidazole rings is 1. The minimum Gasteiger partial charge on any atom is -0.471 e. The van der Waals surface area contributed by atoms with E-state index in [4.69, 9.17) is 14.2 Å². The molecule has 2 aromatic heterocycles. The van der Waals surface area contributed by atoms with Crippen molar-refractivity contribution in [3.8, 4) is 5.88 Å². The van der Waals surface area contributed by atoms with Crippen LogP contribution in [0.2, 0.25) is 0 Å². The molecule has 1 aromatic carbocycles. The highest BCUT2D eigenvalue weighted by molar-refractivity contribution is 5.88. The van der Waals surface area contributed by atoms with Crippen LogP contribution in [0.15, 0.2) is 36.7 Å². The Balaban J connectivity index is 1.78. The number of nitrogens with zero attached hydrogens (tertiary/aromatic N) is 4. The third-order valence-electron chi connectivity index (χ3n) is 3.70. The van der Waals surface area contributed by atoms with Crippen molar-refractivity contribution in [2.24, 2.45) is 0 Å². The predicted molar refractivity (Wildman–Crippen MR) is 103 cm³/mol. The van der Waals surface area contributed by atoms with Crippen molar-refractivity contribution in [2.75, 3.05) is 18.5 Å². The van der Waals surface area contributed by atoms with Crippen LogP contribution in [0.25, 0.3) is 11.2 Å². The highest BCUT2D eigenvalue weighted by Crippen LogP contribution is 2.24. The first-order chi connectivity index (χ1) is 14.0. The van der Waals surface area contributed by atoms with Gasteiger partial charge in [0.05, 0.1) is 12.9 Å². The zero-order chi connectivity index (χ0) is 20.6. The van der Waals surface area contributed by atoms with Gasteiger partial charge in [0.15, 0.2) is 11.2 Å². The summed E-state index contributed by atoms with van der Waals surface area (Å²) in [5.74, 6) is -0.312. The molecular weight excluding hydrogens is 378 g/mol. The predicted octanol–water partition coefficient (Wildman–Crippen LogP) is 1.90. The molecule has 0 radical (unpaired) electrons. The molecule has 10 nitrogen and oxygen atoms in total.